The van der Waals surface area contributed by atoms with Crippen LogP contribution in [0.4, 0.5) is 5.69 Å². The number of pyridine rings is 1. The molecular formula is C15H25N3O. The Morgan fingerprint density at radius 2 is 2.26 bits per heavy atom. The van der Waals surface area contributed by atoms with E-state index in [0.717, 1.165) is 31.8 Å². The first-order valence-corrected chi connectivity index (χ1v) is 7.07. The van der Waals surface area contributed by atoms with Gasteiger partial charge in [0.2, 0.25) is 0 Å². The molecule has 0 amide bonds. The molecule has 0 saturated carbocycles. The zero-order chi connectivity index (χ0) is 13.9. The molecule has 1 N–H and O–H groups in total. The summed E-state index contributed by atoms with van der Waals surface area (Å²) in [6.45, 7) is 9.09. The highest BCUT2D eigenvalue weighted by molar-refractivity contribution is 5.45. The molecule has 0 aliphatic carbocycles. The number of anilines is 1. The van der Waals surface area contributed by atoms with E-state index in [9.17, 15) is 0 Å². The van der Waals surface area contributed by atoms with Gasteiger partial charge in [0, 0.05) is 24.3 Å². The van der Waals surface area contributed by atoms with E-state index in [1.807, 2.05) is 13.2 Å². The molecule has 0 bridgehead atoms. The van der Waals surface area contributed by atoms with Crippen LogP contribution < -0.4 is 10.2 Å². The van der Waals surface area contributed by atoms with Gasteiger partial charge in [-0.15, -0.1) is 0 Å². The Morgan fingerprint density at radius 1 is 1.47 bits per heavy atom. The maximum Gasteiger partial charge on any atom is 0.0926 e. The van der Waals surface area contributed by atoms with Gasteiger partial charge in [0.15, 0.2) is 0 Å². The lowest BCUT2D eigenvalue weighted by Crippen LogP contribution is -2.57. The summed E-state index contributed by atoms with van der Waals surface area (Å²) in [5.41, 5.74) is 2.32. The van der Waals surface area contributed by atoms with E-state index in [0.29, 0.717) is 0 Å². The number of hydrogen-bond acceptors (Lipinski definition) is 4. The number of nitrogens with zero attached hydrogens (tertiary/aromatic N) is 2. The van der Waals surface area contributed by atoms with Crippen molar-refractivity contribution in [2.24, 2.45) is 0 Å². The molecule has 4 nitrogen and oxygen atoms in total. The van der Waals surface area contributed by atoms with E-state index >= 15 is 0 Å². The maximum atomic E-state index is 5.91. The average Bonchev–Trinajstić information content (AvgIpc) is 2.47. The maximum absolute atomic E-state index is 5.91. The minimum absolute atomic E-state index is 0.0184. The summed E-state index contributed by atoms with van der Waals surface area (Å²) in [6, 6.07) is 4.28. The molecule has 106 valence electrons. The standard InChI is InChI=1S/C15H25N3O/c1-5-12-6-7-13(10-17-12)18-8-9-19-14(11-18)15(2,3)16-4/h6-7,10,14,16H,5,8-9,11H2,1-4H3/t14-/m1/s1. The van der Waals surface area contributed by atoms with Crippen molar-refractivity contribution in [2.45, 2.75) is 38.8 Å². The molecule has 0 radical (unpaired) electrons. The van der Waals surface area contributed by atoms with Crippen molar-refractivity contribution in [3.05, 3.63) is 24.0 Å². The van der Waals surface area contributed by atoms with Gasteiger partial charge in [-0.1, -0.05) is 6.92 Å². The lowest BCUT2D eigenvalue weighted by molar-refractivity contribution is -0.0103. The zero-order valence-corrected chi connectivity index (χ0v) is 12.4. The molecule has 2 rings (SSSR count). The number of ether oxygens (including phenoxy) is 1. The van der Waals surface area contributed by atoms with Gasteiger partial charge in [0.25, 0.3) is 0 Å². The number of rotatable bonds is 4. The molecule has 0 aromatic carbocycles. The molecule has 1 aromatic heterocycles. The van der Waals surface area contributed by atoms with E-state index in [4.69, 9.17) is 4.74 Å². The largest absolute Gasteiger partial charge is 0.373 e. The van der Waals surface area contributed by atoms with Crippen molar-refractivity contribution in [1.29, 1.82) is 0 Å². The summed E-state index contributed by atoms with van der Waals surface area (Å²) >= 11 is 0. The second-order valence-electron chi connectivity index (χ2n) is 5.64. The molecule has 19 heavy (non-hydrogen) atoms. The van der Waals surface area contributed by atoms with Crippen LogP contribution in [-0.4, -0.2) is 43.4 Å². The van der Waals surface area contributed by atoms with Crippen LogP contribution in [0.1, 0.15) is 26.5 Å². The lowest BCUT2D eigenvalue weighted by atomic mass is 9.96. The Hall–Kier alpha value is -1.13. The Morgan fingerprint density at radius 3 is 2.84 bits per heavy atom. The van der Waals surface area contributed by atoms with Gasteiger partial charge in [-0.2, -0.15) is 0 Å². The van der Waals surface area contributed by atoms with Crippen molar-refractivity contribution < 1.29 is 4.74 Å². The van der Waals surface area contributed by atoms with E-state index in [-0.39, 0.29) is 11.6 Å². The third kappa shape index (κ3) is 3.25. The molecule has 0 unspecified atom stereocenters. The number of aryl methyl sites for hydroxylation is 1. The Labute approximate surface area is 116 Å². The topological polar surface area (TPSA) is 37.4 Å². The number of morpholine rings is 1. The quantitative estimate of drug-likeness (QED) is 0.899. The Kier molecular flexibility index (Phi) is 4.42. The fraction of sp³-hybridized carbons (Fsp3) is 0.667. The first-order chi connectivity index (χ1) is 9.06. The van der Waals surface area contributed by atoms with Crippen LogP contribution in [-0.2, 0) is 11.2 Å². The summed E-state index contributed by atoms with van der Waals surface area (Å²) < 4.78 is 5.91. The second kappa shape index (κ2) is 5.88. The van der Waals surface area contributed by atoms with Gasteiger partial charge in [0.1, 0.15) is 0 Å². The van der Waals surface area contributed by atoms with Gasteiger partial charge in [0.05, 0.1) is 24.6 Å². The zero-order valence-electron chi connectivity index (χ0n) is 12.4. The Balaban J connectivity index is 2.08. The smallest absolute Gasteiger partial charge is 0.0926 e. The predicted molar refractivity (Wildman–Crippen MR) is 78.7 cm³/mol. The average molecular weight is 263 g/mol. The van der Waals surface area contributed by atoms with E-state index in [1.54, 1.807) is 0 Å². The van der Waals surface area contributed by atoms with Gasteiger partial charge in [-0.25, -0.2) is 0 Å². The first kappa shape index (κ1) is 14.3. The fourth-order valence-corrected chi connectivity index (χ4v) is 2.29. The van der Waals surface area contributed by atoms with Gasteiger partial charge < -0.3 is 15.0 Å². The van der Waals surface area contributed by atoms with Crippen LogP contribution >= 0.6 is 0 Å². The van der Waals surface area contributed by atoms with Crippen LogP contribution in [0.5, 0.6) is 0 Å². The van der Waals surface area contributed by atoms with Crippen molar-refractivity contribution in [3.63, 3.8) is 0 Å². The van der Waals surface area contributed by atoms with Gasteiger partial charge in [-0.3, -0.25) is 4.98 Å². The molecule has 0 spiro atoms. The molecule has 2 heterocycles. The van der Waals surface area contributed by atoms with Gasteiger partial charge in [-0.05, 0) is 39.4 Å². The fourth-order valence-electron chi connectivity index (χ4n) is 2.29. The first-order valence-electron chi connectivity index (χ1n) is 7.07. The van der Waals surface area contributed by atoms with Crippen LogP contribution in [0.2, 0.25) is 0 Å². The summed E-state index contributed by atoms with van der Waals surface area (Å²) in [5.74, 6) is 0. The highest BCUT2D eigenvalue weighted by Crippen LogP contribution is 2.22. The molecular weight excluding hydrogens is 238 g/mol. The summed E-state index contributed by atoms with van der Waals surface area (Å²) in [7, 11) is 1.99. The van der Waals surface area contributed by atoms with E-state index in [2.05, 4.69) is 48.1 Å². The molecule has 1 atom stereocenters. The van der Waals surface area contributed by atoms with E-state index < -0.39 is 0 Å². The van der Waals surface area contributed by atoms with Crippen LogP contribution in [0, 0.1) is 0 Å². The molecule has 1 aliphatic rings. The number of hydrogen-bond donors (Lipinski definition) is 1. The minimum atomic E-state index is -0.0184. The third-order valence-electron chi connectivity index (χ3n) is 4.05. The molecule has 1 aliphatic heterocycles. The van der Waals surface area contributed by atoms with Crippen molar-refractivity contribution in [2.75, 3.05) is 31.6 Å². The van der Waals surface area contributed by atoms with E-state index in [1.165, 1.54) is 5.69 Å². The number of nitrogens with one attached hydrogen (secondary N) is 1. The summed E-state index contributed by atoms with van der Waals surface area (Å²) in [5, 5.41) is 3.33. The SMILES string of the molecule is CCc1ccc(N2CCO[C@@H](C(C)(C)NC)C2)cn1. The minimum Gasteiger partial charge on any atom is -0.373 e. The number of aromatic nitrogens is 1. The van der Waals surface area contributed by atoms with Crippen LogP contribution in [0.3, 0.4) is 0 Å². The molecule has 1 aromatic rings. The van der Waals surface area contributed by atoms with Crippen LogP contribution in [0.15, 0.2) is 18.3 Å². The highest BCUT2D eigenvalue weighted by atomic mass is 16.5. The van der Waals surface area contributed by atoms with Crippen molar-refractivity contribution in [3.8, 4) is 0 Å². The highest BCUT2D eigenvalue weighted by Gasteiger charge is 2.33. The summed E-state index contributed by atoms with van der Waals surface area (Å²) in [4.78, 5) is 6.84. The number of likely N-dealkylation sites (N-methyl/N-ethyl adjacent to an activating group) is 1. The predicted octanol–water partition coefficient (Wildman–Crippen LogP) is 1.85. The van der Waals surface area contributed by atoms with Crippen molar-refractivity contribution >= 4 is 5.69 Å². The Bertz CT molecular complexity index is 402. The van der Waals surface area contributed by atoms with Crippen LogP contribution in [0.25, 0.3) is 0 Å². The molecule has 1 saturated heterocycles. The monoisotopic (exact) mass is 263 g/mol. The third-order valence-corrected chi connectivity index (χ3v) is 4.05. The normalized spacial score (nSPS) is 20.6. The van der Waals surface area contributed by atoms with Gasteiger partial charge >= 0.3 is 0 Å². The molecule has 1 fully saturated rings. The second-order valence-corrected chi connectivity index (χ2v) is 5.64. The lowest BCUT2D eigenvalue weighted by Gasteiger charge is -2.42. The van der Waals surface area contributed by atoms with Crippen molar-refractivity contribution in [1.82, 2.24) is 10.3 Å². The summed E-state index contributed by atoms with van der Waals surface area (Å²) in [6.07, 6.45) is 3.16. The molecule has 4 heteroatoms.